The molecule has 2 aromatic rings. The Kier molecular flexibility index (Phi) is 7.25. The summed E-state index contributed by atoms with van der Waals surface area (Å²) in [6.45, 7) is 6.23. The van der Waals surface area contributed by atoms with Gasteiger partial charge in [0, 0.05) is 50.7 Å². The summed E-state index contributed by atoms with van der Waals surface area (Å²) in [7, 11) is 3.97. The van der Waals surface area contributed by atoms with Crippen molar-refractivity contribution in [3.05, 3.63) is 59.2 Å². The lowest BCUT2D eigenvalue weighted by Gasteiger charge is -2.27. The Morgan fingerprint density at radius 3 is 2.48 bits per heavy atom. The molecule has 6 nitrogen and oxygen atoms in total. The summed E-state index contributed by atoms with van der Waals surface area (Å²) in [5.41, 5.74) is 4.36. The minimum absolute atomic E-state index is 0.140. The van der Waals surface area contributed by atoms with E-state index in [1.165, 1.54) is 0 Å². The molecule has 0 aliphatic carbocycles. The zero-order valence-electron chi connectivity index (χ0n) is 17.5. The quantitative estimate of drug-likeness (QED) is 0.752. The average Bonchev–Trinajstić information content (AvgIpc) is 2.73. The molecular formula is C23H31N3O3. The van der Waals surface area contributed by atoms with Gasteiger partial charge in [0.05, 0.1) is 19.3 Å². The molecule has 0 bridgehead atoms. The number of carbonyl (C=O) groups excluding carboxylic acids is 1. The van der Waals surface area contributed by atoms with Crippen molar-refractivity contribution in [2.75, 3.05) is 57.2 Å². The molecular weight excluding hydrogens is 366 g/mol. The summed E-state index contributed by atoms with van der Waals surface area (Å²) in [6, 6.07) is 13.1. The monoisotopic (exact) mass is 397 g/mol. The number of anilines is 2. The number of aliphatic hydroxyl groups is 1. The standard InChI is InChI=1S/C23H31N3O3/c1-17-16-19(6-9-21(17)25(2)3)23(28)24-20-7-4-18(5-8-20)22(27)10-11-26-12-14-29-15-13-26/h4-9,16,22,27H,10-15H2,1-3H3,(H,24,28). The first-order chi connectivity index (χ1) is 13.9. The number of rotatable bonds is 7. The molecule has 2 N–H and O–H groups in total. The van der Waals surface area contributed by atoms with Crippen molar-refractivity contribution in [3.63, 3.8) is 0 Å². The Morgan fingerprint density at radius 2 is 1.86 bits per heavy atom. The third-order valence-corrected chi connectivity index (χ3v) is 5.32. The normalized spacial score (nSPS) is 15.7. The van der Waals surface area contributed by atoms with Gasteiger partial charge in [-0.2, -0.15) is 0 Å². The van der Waals surface area contributed by atoms with Crippen LogP contribution < -0.4 is 10.2 Å². The predicted octanol–water partition coefficient (Wildman–Crippen LogP) is 3.07. The van der Waals surface area contributed by atoms with Crippen molar-refractivity contribution >= 4 is 17.3 Å². The van der Waals surface area contributed by atoms with E-state index in [9.17, 15) is 9.90 Å². The van der Waals surface area contributed by atoms with Crippen LogP contribution >= 0.6 is 0 Å². The Morgan fingerprint density at radius 1 is 1.17 bits per heavy atom. The van der Waals surface area contributed by atoms with E-state index in [-0.39, 0.29) is 5.91 Å². The minimum Gasteiger partial charge on any atom is -0.388 e. The van der Waals surface area contributed by atoms with E-state index < -0.39 is 6.10 Å². The lowest BCUT2D eigenvalue weighted by molar-refractivity contribution is 0.0300. The van der Waals surface area contributed by atoms with Gasteiger partial charge in [-0.15, -0.1) is 0 Å². The summed E-state index contributed by atoms with van der Waals surface area (Å²) >= 11 is 0. The number of nitrogens with zero attached hydrogens (tertiary/aromatic N) is 2. The van der Waals surface area contributed by atoms with Gasteiger partial charge in [-0.3, -0.25) is 9.69 Å². The van der Waals surface area contributed by atoms with Crippen LogP contribution in [-0.2, 0) is 4.74 Å². The zero-order valence-corrected chi connectivity index (χ0v) is 17.5. The highest BCUT2D eigenvalue weighted by atomic mass is 16.5. The first kappa shape index (κ1) is 21.3. The van der Waals surface area contributed by atoms with Gasteiger partial charge in [0.15, 0.2) is 0 Å². The number of benzene rings is 2. The average molecular weight is 398 g/mol. The smallest absolute Gasteiger partial charge is 0.255 e. The summed E-state index contributed by atoms with van der Waals surface area (Å²) in [6.07, 6.45) is 0.173. The molecule has 1 fully saturated rings. The highest BCUT2D eigenvalue weighted by Gasteiger charge is 2.14. The number of amides is 1. The van der Waals surface area contributed by atoms with Crippen LogP contribution in [0, 0.1) is 6.92 Å². The van der Waals surface area contributed by atoms with Crippen molar-refractivity contribution in [2.24, 2.45) is 0 Å². The second kappa shape index (κ2) is 9.87. The SMILES string of the molecule is Cc1cc(C(=O)Nc2ccc(C(O)CCN3CCOCC3)cc2)ccc1N(C)C. The summed E-state index contributed by atoms with van der Waals surface area (Å²) in [5.74, 6) is -0.140. The van der Waals surface area contributed by atoms with Crippen molar-refractivity contribution in [1.82, 2.24) is 4.90 Å². The van der Waals surface area contributed by atoms with Gasteiger partial charge in [-0.1, -0.05) is 12.1 Å². The molecule has 0 aromatic heterocycles. The summed E-state index contributed by atoms with van der Waals surface area (Å²) in [4.78, 5) is 16.9. The fourth-order valence-corrected chi connectivity index (χ4v) is 3.59. The summed E-state index contributed by atoms with van der Waals surface area (Å²) in [5, 5.41) is 13.4. The zero-order chi connectivity index (χ0) is 20.8. The van der Waals surface area contributed by atoms with E-state index in [0.29, 0.717) is 17.7 Å². The third-order valence-electron chi connectivity index (χ3n) is 5.32. The van der Waals surface area contributed by atoms with E-state index in [0.717, 1.165) is 49.7 Å². The van der Waals surface area contributed by atoms with Gasteiger partial charge in [-0.05, 0) is 54.8 Å². The minimum atomic E-state index is -0.510. The van der Waals surface area contributed by atoms with Gasteiger partial charge in [0.2, 0.25) is 0 Å². The maximum absolute atomic E-state index is 12.6. The first-order valence-electron chi connectivity index (χ1n) is 10.1. The number of morpholine rings is 1. The molecule has 29 heavy (non-hydrogen) atoms. The van der Waals surface area contributed by atoms with Crippen LogP contribution in [-0.4, -0.2) is 62.9 Å². The van der Waals surface area contributed by atoms with Crippen LogP contribution in [0.25, 0.3) is 0 Å². The van der Waals surface area contributed by atoms with Gasteiger partial charge in [0.1, 0.15) is 0 Å². The first-order valence-corrected chi connectivity index (χ1v) is 10.1. The van der Waals surface area contributed by atoms with Crippen molar-refractivity contribution in [1.29, 1.82) is 0 Å². The predicted molar refractivity (Wildman–Crippen MR) is 117 cm³/mol. The molecule has 0 spiro atoms. The van der Waals surface area contributed by atoms with E-state index in [1.807, 2.05) is 68.4 Å². The number of carbonyl (C=O) groups is 1. The second-order valence-electron chi connectivity index (χ2n) is 7.73. The lowest BCUT2D eigenvalue weighted by atomic mass is 10.1. The van der Waals surface area contributed by atoms with Crippen molar-refractivity contribution < 1.29 is 14.6 Å². The Balaban J connectivity index is 1.55. The molecule has 2 aromatic carbocycles. The molecule has 3 rings (SSSR count). The van der Waals surface area contributed by atoms with Crippen molar-refractivity contribution in [2.45, 2.75) is 19.4 Å². The van der Waals surface area contributed by atoms with Crippen LogP contribution in [0.5, 0.6) is 0 Å². The number of hydrogen-bond acceptors (Lipinski definition) is 5. The van der Waals surface area contributed by atoms with Crippen LogP contribution in [0.3, 0.4) is 0 Å². The molecule has 1 unspecified atom stereocenters. The fraction of sp³-hybridized carbons (Fsp3) is 0.435. The number of ether oxygens (including phenoxy) is 1. The van der Waals surface area contributed by atoms with E-state index in [4.69, 9.17) is 4.74 Å². The Bertz CT molecular complexity index is 815. The summed E-state index contributed by atoms with van der Waals surface area (Å²) < 4.78 is 5.35. The highest BCUT2D eigenvalue weighted by Crippen LogP contribution is 2.22. The largest absolute Gasteiger partial charge is 0.388 e. The highest BCUT2D eigenvalue weighted by molar-refractivity contribution is 6.04. The molecule has 1 aliphatic rings. The van der Waals surface area contributed by atoms with Crippen LogP contribution in [0.1, 0.15) is 34.0 Å². The van der Waals surface area contributed by atoms with Gasteiger partial charge >= 0.3 is 0 Å². The number of hydrogen-bond donors (Lipinski definition) is 2. The molecule has 1 amide bonds. The maximum Gasteiger partial charge on any atom is 0.255 e. The second-order valence-corrected chi connectivity index (χ2v) is 7.73. The number of aryl methyl sites for hydroxylation is 1. The number of aliphatic hydroxyl groups excluding tert-OH is 1. The molecule has 1 saturated heterocycles. The molecule has 156 valence electrons. The fourth-order valence-electron chi connectivity index (χ4n) is 3.59. The number of nitrogens with one attached hydrogen (secondary N) is 1. The molecule has 0 radical (unpaired) electrons. The third kappa shape index (κ3) is 5.79. The van der Waals surface area contributed by atoms with E-state index >= 15 is 0 Å². The van der Waals surface area contributed by atoms with Crippen molar-refractivity contribution in [3.8, 4) is 0 Å². The topological polar surface area (TPSA) is 65.0 Å². The lowest BCUT2D eigenvalue weighted by Crippen LogP contribution is -2.37. The van der Waals surface area contributed by atoms with Gasteiger partial charge < -0.3 is 20.1 Å². The molecule has 6 heteroatoms. The molecule has 1 aliphatic heterocycles. The van der Waals surface area contributed by atoms with Gasteiger partial charge in [0.25, 0.3) is 5.91 Å². The molecule has 1 atom stereocenters. The molecule has 1 heterocycles. The Hall–Kier alpha value is -2.41. The van der Waals surface area contributed by atoms with Crippen LogP contribution in [0.2, 0.25) is 0 Å². The molecule has 0 saturated carbocycles. The Labute approximate surface area is 173 Å². The van der Waals surface area contributed by atoms with E-state index in [2.05, 4.69) is 10.2 Å². The van der Waals surface area contributed by atoms with Crippen LogP contribution in [0.15, 0.2) is 42.5 Å². The van der Waals surface area contributed by atoms with Gasteiger partial charge in [-0.25, -0.2) is 0 Å². The van der Waals surface area contributed by atoms with E-state index in [1.54, 1.807) is 0 Å². The van der Waals surface area contributed by atoms with Crippen LogP contribution in [0.4, 0.5) is 11.4 Å². The maximum atomic E-state index is 12.6.